The summed E-state index contributed by atoms with van der Waals surface area (Å²) in [6, 6.07) is 19.5. The minimum Gasteiger partial charge on any atom is -0.373 e. The van der Waals surface area contributed by atoms with Crippen LogP contribution in [0.4, 0.5) is 0 Å². The van der Waals surface area contributed by atoms with Crippen LogP contribution in [0.1, 0.15) is 37.0 Å². The second-order valence-electron chi connectivity index (χ2n) is 6.16. The van der Waals surface area contributed by atoms with Crippen molar-refractivity contribution in [2.75, 3.05) is 19.7 Å². The van der Waals surface area contributed by atoms with Crippen LogP contribution in [0.5, 0.6) is 0 Å². The average molecular weight is 411 g/mol. The Hall–Kier alpha value is -0.870. The Balaban J connectivity index is 0.00000208. The van der Waals surface area contributed by atoms with Gasteiger partial charge in [0.05, 0.1) is 6.10 Å². The van der Waals surface area contributed by atoms with Crippen LogP contribution in [0.25, 0.3) is 0 Å². The van der Waals surface area contributed by atoms with E-state index >= 15 is 0 Å². The zero-order valence-electron chi connectivity index (χ0n) is 14.0. The first kappa shape index (κ1) is 19.5. The zero-order valence-corrected chi connectivity index (χ0v) is 16.4. The molecule has 0 radical (unpaired) electrons. The summed E-state index contributed by atoms with van der Waals surface area (Å²) in [6.07, 6.45) is 2.26. The lowest BCUT2D eigenvalue weighted by Crippen LogP contribution is -2.45. The van der Waals surface area contributed by atoms with Crippen molar-refractivity contribution in [1.82, 2.24) is 5.32 Å². The molecule has 2 aromatic rings. The van der Waals surface area contributed by atoms with Gasteiger partial charge in [0.2, 0.25) is 0 Å². The Morgan fingerprint density at radius 1 is 1.08 bits per heavy atom. The average Bonchev–Trinajstić information content (AvgIpc) is 2.61. The molecule has 1 saturated heterocycles. The van der Waals surface area contributed by atoms with Gasteiger partial charge in [-0.05, 0) is 56.1 Å². The molecule has 2 nitrogen and oxygen atoms in total. The molecule has 1 aliphatic rings. The van der Waals surface area contributed by atoms with Gasteiger partial charge >= 0.3 is 0 Å². The summed E-state index contributed by atoms with van der Waals surface area (Å²) in [5.74, 6) is 0. The molecule has 1 heterocycles. The fourth-order valence-corrected chi connectivity index (χ4v) is 4.17. The molecule has 130 valence electrons. The molecule has 2 aromatic carbocycles. The predicted octanol–water partition coefficient (Wildman–Crippen LogP) is 5.27. The van der Waals surface area contributed by atoms with Gasteiger partial charge in [0, 0.05) is 16.5 Å². The predicted molar refractivity (Wildman–Crippen MR) is 106 cm³/mol. The molecule has 3 rings (SSSR count). The van der Waals surface area contributed by atoms with Crippen molar-refractivity contribution in [2.24, 2.45) is 0 Å². The van der Waals surface area contributed by atoms with Gasteiger partial charge in [-0.15, -0.1) is 12.4 Å². The van der Waals surface area contributed by atoms with E-state index < -0.39 is 0 Å². The highest BCUT2D eigenvalue weighted by Gasteiger charge is 2.42. The number of hydrogen-bond acceptors (Lipinski definition) is 2. The summed E-state index contributed by atoms with van der Waals surface area (Å²) >= 11 is 3.61. The van der Waals surface area contributed by atoms with E-state index in [1.54, 1.807) is 0 Å². The molecule has 0 amide bonds. The number of hydrogen-bond donors (Lipinski definition) is 1. The molecule has 0 spiro atoms. The van der Waals surface area contributed by atoms with Gasteiger partial charge in [0.1, 0.15) is 0 Å². The highest BCUT2D eigenvalue weighted by atomic mass is 79.9. The Kier molecular flexibility index (Phi) is 7.30. The third kappa shape index (κ3) is 4.02. The van der Waals surface area contributed by atoms with Gasteiger partial charge < -0.3 is 10.1 Å². The van der Waals surface area contributed by atoms with Crippen LogP contribution < -0.4 is 5.32 Å². The highest BCUT2D eigenvalue weighted by Crippen LogP contribution is 2.46. The minimum absolute atomic E-state index is 0. The van der Waals surface area contributed by atoms with E-state index in [9.17, 15) is 0 Å². The number of piperidine rings is 1. The lowest BCUT2D eigenvalue weighted by molar-refractivity contribution is -0.0131. The van der Waals surface area contributed by atoms with E-state index in [0.717, 1.165) is 37.0 Å². The molecular formula is C20H25BrClNO. The smallest absolute Gasteiger partial charge is 0.0922 e. The summed E-state index contributed by atoms with van der Waals surface area (Å²) in [6.45, 7) is 4.88. The molecule has 1 aliphatic heterocycles. The quantitative estimate of drug-likeness (QED) is 0.725. The molecule has 0 bridgehead atoms. The first-order valence-corrected chi connectivity index (χ1v) is 9.19. The van der Waals surface area contributed by atoms with Gasteiger partial charge in [-0.3, -0.25) is 0 Å². The fourth-order valence-electron chi connectivity index (χ4n) is 3.76. The van der Waals surface area contributed by atoms with Crippen LogP contribution in [0, 0.1) is 0 Å². The van der Waals surface area contributed by atoms with Crippen molar-refractivity contribution in [3.8, 4) is 0 Å². The van der Waals surface area contributed by atoms with Crippen molar-refractivity contribution < 1.29 is 4.74 Å². The van der Waals surface area contributed by atoms with Gasteiger partial charge in [-0.1, -0.05) is 58.4 Å². The Morgan fingerprint density at radius 3 is 2.42 bits per heavy atom. The Labute approximate surface area is 159 Å². The van der Waals surface area contributed by atoms with Gasteiger partial charge in [-0.2, -0.15) is 0 Å². The van der Waals surface area contributed by atoms with Gasteiger partial charge in [-0.25, -0.2) is 0 Å². The van der Waals surface area contributed by atoms with E-state index in [-0.39, 0.29) is 23.9 Å². The summed E-state index contributed by atoms with van der Waals surface area (Å²) < 4.78 is 7.44. The summed E-state index contributed by atoms with van der Waals surface area (Å²) in [4.78, 5) is 0. The Bertz CT molecular complexity index is 629. The highest BCUT2D eigenvalue weighted by molar-refractivity contribution is 9.10. The molecule has 0 aromatic heterocycles. The largest absolute Gasteiger partial charge is 0.373 e. The summed E-state index contributed by atoms with van der Waals surface area (Å²) in [5.41, 5.74) is 2.68. The van der Waals surface area contributed by atoms with Crippen molar-refractivity contribution in [3.63, 3.8) is 0 Å². The summed E-state index contributed by atoms with van der Waals surface area (Å²) in [5, 5.41) is 3.50. The van der Waals surface area contributed by atoms with E-state index in [0.29, 0.717) is 0 Å². The monoisotopic (exact) mass is 409 g/mol. The van der Waals surface area contributed by atoms with Crippen LogP contribution in [0.2, 0.25) is 0 Å². The molecule has 1 N–H and O–H groups in total. The third-order valence-electron chi connectivity index (χ3n) is 4.83. The zero-order chi connectivity index (χ0) is 16.1. The van der Waals surface area contributed by atoms with E-state index in [1.807, 2.05) is 0 Å². The molecule has 1 fully saturated rings. The lowest BCUT2D eigenvalue weighted by atomic mass is 9.67. The Morgan fingerprint density at radius 2 is 1.79 bits per heavy atom. The van der Waals surface area contributed by atoms with Crippen LogP contribution in [0.15, 0.2) is 59.1 Å². The number of nitrogens with one attached hydrogen (secondary N) is 1. The van der Waals surface area contributed by atoms with Crippen LogP contribution in [0.3, 0.4) is 0 Å². The molecule has 4 heteroatoms. The molecule has 1 atom stereocenters. The normalized spacial score (nSPS) is 17.8. The van der Waals surface area contributed by atoms with E-state index in [4.69, 9.17) is 4.74 Å². The SMILES string of the molecule is CCOC(c1cccc(Br)c1)C1(c2ccccc2)CCNCC1.Cl. The molecule has 0 aliphatic carbocycles. The second kappa shape index (κ2) is 9.00. The van der Waals surface area contributed by atoms with Crippen molar-refractivity contribution >= 4 is 28.3 Å². The third-order valence-corrected chi connectivity index (χ3v) is 5.32. The van der Waals surface area contributed by atoms with E-state index in [1.165, 1.54) is 11.1 Å². The number of ether oxygens (including phenoxy) is 1. The van der Waals surface area contributed by atoms with Crippen molar-refractivity contribution in [3.05, 3.63) is 70.2 Å². The number of halogens is 2. The van der Waals surface area contributed by atoms with E-state index in [2.05, 4.69) is 82.8 Å². The first-order chi connectivity index (χ1) is 11.3. The van der Waals surface area contributed by atoms with Crippen LogP contribution in [-0.2, 0) is 10.2 Å². The van der Waals surface area contributed by atoms with Gasteiger partial charge in [0.15, 0.2) is 0 Å². The standard InChI is InChI=1S/C20H24BrNO.ClH/c1-2-23-19(16-7-6-10-18(21)15-16)20(11-13-22-14-12-20)17-8-4-3-5-9-17;/h3-10,15,19,22H,2,11-14H2,1H3;1H. The minimum atomic E-state index is 0. The lowest BCUT2D eigenvalue weighted by Gasteiger charge is -2.44. The maximum atomic E-state index is 6.33. The first-order valence-electron chi connectivity index (χ1n) is 8.39. The molecule has 1 unspecified atom stereocenters. The number of benzene rings is 2. The maximum Gasteiger partial charge on any atom is 0.0922 e. The molecular weight excluding hydrogens is 386 g/mol. The molecule has 0 saturated carbocycles. The van der Waals surface area contributed by atoms with Gasteiger partial charge in [0.25, 0.3) is 0 Å². The van der Waals surface area contributed by atoms with Crippen molar-refractivity contribution in [2.45, 2.75) is 31.3 Å². The van der Waals surface area contributed by atoms with Crippen LogP contribution in [-0.4, -0.2) is 19.7 Å². The fraction of sp³-hybridized carbons (Fsp3) is 0.400. The van der Waals surface area contributed by atoms with Crippen molar-refractivity contribution in [1.29, 1.82) is 0 Å². The summed E-state index contributed by atoms with van der Waals surface area (Å²) in [7, 11) is 0. The molecule has 24 heavy (non-hydrogen) atoms. The number of rotatable bonds is 5. The van der Waals surface area contributed by atoms with Crippen LogP contribution >= 0.6 is 28.3 Å². The topological polar surface area (TPSA) is 21.3 Å². The second-order valence-corrected chi connectivity index (χ2v) is 7.08. The maximum absolute atomic E-state index is 6.33.